The van der Waals surface area contributed by atoms with Crippen LogP contribution in [0.25, 0.3) is 10.7 Å². The maximum Gasteiger partial charge on any atom is 0.442 e. The minimum Gasteiger partial charge on any atom is -0.497 e. The molecule has 3 rings (SSSR count). The van der Waals surface area contributed by atoms with E-state index in [4.69, 9.17) is 9.26 Å². The van der Waals surface area contributed by atoms with Crippen LogP contribution in [0.4, 0.5) is 0 Å². The van der Waals surface area contributed by atoms with E-state index in [2.05, 4.69) is 5.16 Å². The van der Waals surface area contributed by atoms with Crippen LogP contribution in [0.3, 0.4) is 0 Å². The molecule has 0 saturated heterocycles. The van der Waals surface area contributed by atoms with Crippen LogP contribution in [0.5, 0.6) is 5.75 Å². The van der Waals surface area contributed by atoms with Crippen LogP contribution in [0.15, 0.2) is 51.1 Å². The average Bonchev–Trinajstić information content (AvgIpc) is 3.25. The van der Waals surface area contributed by atoms with Crippen LogP contribution in [0.2, 0.25) is 0 Å². The number of hydrogen-bond donors (Lipinski definition) is 0. The molecule has 1 aromatic carbocycles. The van der Waals surface area contributed by atoms with Gasteiger partial charge >= 0.3 is 5.76 Å². The van der Waals surface area contributed by atoms with Crippen LogP contribution < -0.4 is 10.5 Å². The van der Waals surface area contributed by atoms with E-state index in [1.807, 2.05) is 41.8 Å². The van der Waals surface area contributed by atoms with E-state index in [0.29, 0.717) is 12.4 Å². The van der Waals surface area contributed by atoms with Gasteiger partial charge in [0, 0.05) is 13.6 Å². The number of aromatic nitrogens is 2. The topological polar surface area (TPSA) is 77.6 Å². The highest BCUT2D eigenvalue weighted by molar-refractivity contribution is 7.13. The molecule has 0 aliphatic carbocycles. The third-order valence-corrected chi connectivity index (χ3v) is 4.57. The van der Waals surface area contributed by atoms with Gasteiger partial charge in [-0.1, -0.05) is 23.4 Å². The largest absolute Gasteiger partial charge is 0.497 e. The first-order valence-electron chi connectivity index (χ1n) is 7.56. The molecule has 0 spiro atoms. The number of thiophene rings is 1. The quantitative estimate of drug-likeness (QED) is 0.674. The zero-order chi connectivity index (χ0) is 17.8. The van der Waals surface area contributed by atoms with Gasteiger partial charge in [0.15, 0.2) is 5.82 Å². The molecule has 0 aliphatic rings. The minimum atomic E-state index is -0.647. The summed E-state index contributed by atoms with van der Waals surface area (Å²) in [6, 6.07) is 11.2. The standard InChI is InChI=1S/C17H17N3O4S/c1-19(10-12-5-3-6-13(9-12)23-2)15(21)11-20-16(18-24-17(20)22)14-7-4-8-25-14/h3-9H,10-11H2,1-2H3. The molecule has 1 amide bonds. The highest BCUT2D eigenvalue weighted by atomic mass is 32.1. The summed E-state index contributed by atoms with van der Waals surface area (Å²) in [4.78, 5) is 26.7. The number of benzene rings is 1. The summed E-state index contributed by atoms with van der Waals surface area (Å²) in [5.74, 6) is 0.231. The van der Waals surface area contributed by atoms with Gasteiger partial charge in [-0.25, -0.2) is 9.36 Å². The van der Waals surface area contributed by atoms with Gasteiger partial charge in [-0.2, -0.15) is 0 Å². The minimum absolute atomic E-state index is 0.129. The van der Waals surface area contributed by atoms with E-state index in [1.54, 1.807) is 19.1 Å². The molecule has 0 atom stereocenters. The van der Waals surface area contributed by atoms with Crippen molar-refractivity contribution in [2.45, 2.75) is 13.1 Å². The molecular weight excluding hydrogens is 342 g/mol. The van der Waals surface area contributed by atoms with E-state index >= 15 is 0 Å². The first kappa shape index (κ1) is 17.0. The summed E-state index contributed by atoms with van der Waals surface area (Å²) >= 11 is 1.42. The van der Waals surface area contributed by atoms with Crippen LogP contribution in [0.1, 0.15) is 5.56 Å². The molecule has 25 heavy (non-hydrogen) atoms. The van der Waals surface area contributed by atoms with Crippen molar-refractivity contribution in [1.82, 2.24) is 14.6 Å². The summed E-state index contributed by atoms with van der Waals surface area (Å²) in [7, 11) is 3.28. The van der Waals surface area contributed by atoms with E-state index in [1.165, 1.54) is 15.9 Å². The second-order valence-electron chi connectivity index (χ2n) is 5.44. The number of amides is 1. The van der Waals surface area contributed by atoms with Gasteiger partial charge in [-0.3, -0.25) is 9.32 Å². The van der Waals surface area contributed by atoms with Gasteiger partial charge in [-0.05, 0) is 29.1 Å². The van der Waals surface area contributed by atoms with Crippen molar-refractivity contribution >= 4 is 17.2 Å². The maximum absolute atomic E-state index is 12.5. The lowest BCUT2D eigenvalue weighted by atomic mass is 10.2. The van der Waals surface area contributed by atoms with Crippen molar-refractivity contribution in [3.63, 3.8) is 0 Å². The SMILES string of the molecule is COc1cccc(CN(C)C(=O)Cn2c(-c3cccs3)noc2=O)c1. The summed E-state index contributed by atoms with van der Waals surface area (Å²) < 4.78 is 11.2. The number of likely N-dealkylation sites (N-methyl/N-ethyl adjacent to an activating group) is 1. The van der Waals surface area contributed by atoms with Gasteiger partial charge in [0.05, 0.1) is 12.0 Å². The normalized spacial score (nSPS) is 10.6. The van der Waals surface area contributed by atoms with Crippen molar-refractivity contribution in [2.24, 2.45) is 0 Å². The van der Waals surface area contributed by atoms with Crippen molar-refractivity contribution < 1.29 is 14.1 Å². The first-order valence-corrected chi connectivity index (χ1v) is 8.43. The summed E-state index contributed by atoms with van der Waals surface area (Å²) in [5.41, 5.74) is 0.936. The lowest BCUT2D eigenvalue weighted by molar-refractivity contribution is -0.131. The predicted molar refractivity (Wildman–Crippen MR) is 93.5 cm³/mol. The van der Waals surface area contributed by atoms with Crippen molar-refractivity contribution in [3.05, 3.63) is 57.9 Å². The second-order valence-corrected chi connectivity index (χ2v) is 6.38. The molecule has 3 aromatic rings. The molecular formula is C17H17N3O4S. The summed E-state index contributed by atoms with van der Waals surface area (Å²) in [6.45, 7) is 0.278. The Labute approximate surface area is 148 Å². The highest BCUT2D eigenvalue weighted by Crippen LogP contribution is 2.21. The van der Waals surface area contributed by atoms with Gasteiger partial charge < -0.3 is 9.64 Å². The Kier molecular flexibility index (Phi) is 4.99. The van der Waals surface area contributed by atoms with E-state index in [0.717, 1.165) is 16.2 Å². The Morgan fingerprint density at radius 1 is 1.36 bits per heavy atom. The first-order chi connectivity index (χ1) is 12.1. The smallest absolute Gasteiger partial charge is 0.442 e. The molecule has 2 heterocycles. The zero-order valence-corrected chi connectivity index (χ0v) is 14.7. The fourth-order valence-corrected chi connectivity index (χ4v) is 3.09. The number of methoxy groups -OCH3 is 1. The van der Waals surface area contributed by atoms with Gasteiger partial charge in [0.25, 0.3) is 0 Å². The van der Waals surface area contributed by atoms with Gasteiger partial charge in [-0.15, -0.1) is 11.3 Å². The third kappa shape index (κ3) is 3.80. The van der Waals surface area contributed by atoms with Crippen LogP contribution >= 0.6 is 11.3 Å². The molecule has 0 N–H and O–H groups in total. The highest BCUT2D eigenvalue weighted by Gasteiger charge is 2.18. The molecule has 7 nitrogen and oxygen atoms in total. The molecule has 8 heteroatoms. The van der Waals surface area contributed by atoms with Crippen molar-refractivity contribution in [1.29, 1.82) is 0 Å². The van der Waals surface area contributed by atoms with Crippen LogP contribution in [-0.4, -0.2) is 34.7 Å². The Hall–Kier alpha value is -2.87. The third-order valence-electron chi connectivity index (χ3n) is 3.70. The zero-order valence-electron chi connectivity index (χ0n) is 13.8. The average molecular weight is 359 g/mol. The Morgan fingerprint density at radius 2 is 2.20 bits per heavy atom. The number of carbonyl (C=O) groups is 1. The predicted octanol–water partition coefficient (Wildman–Crippen LogP) is 2.23. The summed E-state index contributed by atoms with van der Waals surface area (Å²) in [5, 5.41) is 5.65. The Bertz CT molecular complexity index is 914. The number of hydrogen-bond acceptors (Lipinski definition) is 6. The number of ether oxygens (including phenoxy) is 1. The second kappa shape index (κ2) is 7.35. The van der Waals surface area contributed by atoms with Gasteiger partial charge in [0.1, 0.15) is 12.3 Å². The van der Waals surface area contributed by atoms with Gasteiger partial charge in [0.2, 0.25) is 5.91 Å². The molecule has 2 aromatic heterocycles. The molecule has 130 valence electrons. The van der Waals surface area contributed by atoms with Crippen molar-refractivity contribution in [2.75, 3.05) is 14.2 Å². The monoisotopic (exact) mass is 359 g/mol. The Balaban J connectivity index is 1.74. The molecule has 0 radical (unpaired) electrons. The molecule has 0 saturated carbocycles. The lowest BCUT2D eigenvalue weighted by Crippen LogP contribution is -2.32. The number of nitrogens with zero attached hydrogens (tertiary/aromatic N) is 3. The maximum atomic E-state index is 12.5. The molecule has 0 aliphatic heterocycles. The summed E-state index contributed by atoms with van der Waals surface area (Å²) in [6.07, 6.45) is 0. The van der Waals surface area contributed by atoms with Crippen molar-refractivity contribution in [3.8, 4) is 16.5 Å². The van der Waals surface area contributed by atoms with Crippen LogP contribution in [-0.2, 0) is 17.9 Å². The van der Waals surface area contributed by atoms with Crippen LogP contribution in [0, 0.1) is 0 Å². The lowest BCUT2D eigenvalue weighted by Gasteiger charge is -2.17. The Morgan fingerprint density at radius 3 is 2.92 bits per heavy atom. The molecule has 0 fully saturated rings. The van der Waals surface area contributed by atoms with E-state index in [9.17, 15) is 9.59 Å². The van der Waals surface area contributed by atoms with E-state index in [-0.39, 0.29) is 12.5 Å². The fourth-order valence-electron chi connectivity index (χ4n) is 2.38. The number of carbonyl (C=O) groups excluding carboxylic acids is 1. The number of rotatable bonds is 6. The molecule has 0 bridgehead atoms. The fraction of sp³-hybridized carbons (Fsp3) is 0.235. The molecule has 0 unspecified atom stereocenters. The van der Waals surface area contributed by atoms with E-state index < -0.39 is 5.76 Å².